The number of hydrogen-bond acceptors (Lipinski definition) is 5. The van der Waals surface area contributed by atoms with Crippen LogP contribution in [0.2, 0.25) is 0 Å². The molecule has 2 heterocycles. The molecule has 4 unspecified atom stereocenters. The highest BCUT2D eigenvalue weighted by atomic mass is 16.3. The van der Waals surface area contributed by atoms with Gasteiger partial charge in [-0.1, -0.05) is 127 Å². The number of hydrogen-bond donors (Lipinski definition) is 2. The summed E-state index contributed by atoms with van der Waals surface area (Å²) >= 11 is 0. The lowest BCUT2D eigenvalue weighted by atomic mass is 9.85. The summed E-state index contributed by atoms with van der Waals surface area (Å²) in [7, 11) is 0. The van der Waals surface area contributed by atoms with Crippen molar-refractivity contribution in [1.82, 2.24) is 5.32 Å². The van der Waals surface area contributed by atoms with Gasteiger partial charge < -0.3 is 9.32 Å². The average molecular weight is 573 g/mol. The van der Waals surface area contributed by atoms with Crippen LogP contribution in [0.3, 0.4) is 0 Å². The van der Waals surface area contributed by atoms with Crippen molar-refractivity contribution in [2.75, 3.05) is 4.90 Å². The fraction of sp³-hybridized carbons (Fsp3) is 0.103. The second-order valence-electron chi connectivity index (χ2n) is 11.4. The van der Waals surface area contributed by atoms with E-state index in [0.29, 0.717) is 0 Å². The van der Waals surface area contributed by atoms with Crippen molar-refractivity contribution in [1.29, 1.82) is 0 Å². The Kier molecular flexibility index (Phi) is 6.67. The van der Waals surface area contributed by atoms with Gasteiger partial charge in [0.1, 0.15) is 23.6 Å². The molecule has 0 saturated heterocycles. The quantitative estimate of drug-likeness (QED) is 0.156. The molecule has 5 nitrogen and oxygen atoms in total. The van der Waals surface area contributed by atoms with E-state index in [0.717, 1.165) is 44.3 Å². The second-order valence-corrected chi connectivity index (χ2v) is 11.4. The number of aliphatic imine (C=N–C) groups is 1. The number of benzene rings is 5. The lowest BCUT2D eigenvalue weighted by molar-refractivity contribution is 0.410. The molecular formula is C39H32N4O. The molecular weight excluding hydrogens is 540 g/mol. The van der Waals surface area contributed by atoms with Crippen LogP contribution in [-0.2, 0) is 0 Å². The van der Waals surface area contributed by atoms with Crippen LogP contribution in [0.1, 0.15) is 28.8 Å². The van der Waals surface area contributed by atoms with Gasteiger partial charge in [0.2, 0.25) is 0 Å². The van der Waals surface area contributed by atoms with Crippen molar-refractivity contribution in [3.63, 3.8) is 0 Å². The number of nitrogens with zero attached hydrogens (tertiary/aromatic N) is 2. The van der Waals surface area contributed by atoms with Gasteiger partial charge in [0, 0.05) is 34.5 Å². The molecule has 1 aliphatic heterocycles. The molecule has 4 atom stereocenters. The smallest absolute Gasteiger partial charge is 0.137 e. The Morgan fingerprint density at radius 3 is 2.32 bits per heavy atom. The zero-order valence-electron chi connectivity index (χ0n) is 24.1. The summed E-state index contributed by atoms with van der Waals surface area (Å²) < 4.78 is 6.41. The molecule has 0 spiro atoms. The van der Waals surface area contributed by atoms with Crippen LogP contribution in [0.4, 0.5) is 5.69 Å². The first-order chi connectivity index (χ1) is 21.7. The summed E-state index contributed by atoms with van der Waals surface area (Å²) in [4.78, 5) is 7.31. The van der Waals surface area contributed by atoms with Gasteiger partial charge in [-0.15, -0.1) is 0 Å². The third kappa shape index (κ3) is 4.63. The monoisotopic (exact) mass is 572 g/mol. The van der Waals surface area contributed by atoms with Gasteiger partial charge in [-0.2, -0.15) is 0 Å². The van der Waals surface area contributed by atoms with Gasteiger partial charge in [0.15, 0.2) is 0 Å². The van der Waals surface area contributed by atoms with Crippen molar-refractivity contribution in [2.45, 2.75) is 24.4 Å². The van der Waals surface area contributed by atoms with Crippen LogP contribution in [0, 0.1) is 0 Å². The van der Waals surface area contributed by atoms with E-state index in [4.69, 9.17) is 15.1 Å². The molecule has 214 valence electrons. The van der Waals surface area contributed by atoms with E-state index in [1.165, 1.54) is 11.1 Å². The molecule has 0 fully saturated rings. The molecule has 1 aromatic heterocycles. The molecule has 0 bridgehead atoms. The maximum Gasteiger partial charge on any atom is 0.137 e. The van der Waals surface area contributed by atoms with Gasteiger partial charge in [-0.25, -0.2) is 0 Å². The Morgan fingerprint density at radius 2 is 1.45 bits per heavy atom. The van der Waals surface area contributed by atoms with Crippen molar-refractivity contribution in [3.05, 3.63) is 162 Å². The predicted molar refractivity (Wildman–Crippen MR) is 181 cm³/mol. The number of nitrogens with two attached hydrogens (primary N) is 1. The summed E-state index contributed by atoms with van der Waals surface area (Å²) in [5.74, 6) is 0.113. The molecule has 5 heteroatoms. The van der Waals surface area contributed by atoms with Gasteiger partial charge in [-0.05, 0) is 34.4 Å². The van der Waals surface area contributed by atoms with E-state index in [1.807, 2.05) is 54.7 Å². The number of rotatable bonds is 6. The minimum Gasteiger partial charge on any atom is -0.456 e. The Hall–Kier alpha value is -5.23. The summed E-state index contributed by atoms with van der Waals surface area (Å²) in [6, 6.07) is 41.8. The van der Waals surface area contributed by atoms with Gasteiger partial charge >= 0.3 is 0 Å². The number of furan rings is 1. The molecule has 8 rings (SSSR count). The molecule has 5 aromatic carbocycles. The van der Waals surface area contributed by atoms with Crippen LogP contribution in [0.25, 0.3) is 33.1 Å². The molecule has 6 aromatic rings. The third-order valence-corrected chi connectivity index (χ3v) is 8.73. The standard InChI is InChI=1S/C39H32N4O/c40-39(42-38(27-15-5-2-6-16-27)41-25-26-13-3-1-4-14-26)43-34-21-11-9-19-30(34)28-17-7-8-18-29(28)32-23-33-31-20-10-12-22-36(31)44-37(33)24-35(32)43/h1-25,30,34,38-39,42H,40H2/b41-25+. The Morgan fingerprint density at radius 1 is 0.727 bits per heavy atom. The normalized spacial score (nSPS) is 18.6. The third-order valence-electron chi connectivity index (χ3n) is 8.73. The van der Waals surface area contributed by atoms with Crippen LogP contribution in [0.5, 0.6) is 0 Å². The first-order valence-corrected chi connectivity index (χ1v) is 15.1. The summed E-state index contributed by atoms with van der Waals surface area (Å²) in [5, 5.41) is 5.90. The summed E-state index contributed by atoms with van der Waals surface area (Å²) in [6.07, 6.45) is 9.78. The molecule has 0 saturated carbocycles. The topological polar surface area (TPSA) is 66.8 Å². The molecule has 3 N–H and O–H groups in total. The minimum absolute atomic E-state index is 0.0266. The lowest BCUT2D eigenvalue weighted by Crippen LogP contribution is -2.57. The Bertz CT molecular complexity index is 2040. The number of allylic oxidation sites excluding steroid dienone is 2. The molecule has 2 aliphatic rings. The van der Waals surface area contributed by atoms with Crippen molar-refractivity contribution < 1.29 is 4.42 Å². The van der Waals surface area contributed by atoms with E-state index in [2.05, 4.69) is 107 Å². The maximum absolute atomic E-state index is 7.25. The van der Waals surface area contributed by atoms with E-state index >= 15 is 0 Å². The first kappa shape index (κ1) is 26.4. The molecule has 0 amide bonds. The number of nitrogens with one attached hydrogen (secondary N) is 1. The van der Waals surface area contributed by atoms with Crippen LogP contribution < -0.4 is 16.0 Å². The Balaban J connectivity index is 1.28. The van der Waals surface area contributed by atoms with Crippen LogP contribution >= 0.6 is 0 Å². The van der Waals surface area contributed by atoms with Gasteiger partial charge in [0.25, 0.3) is 0 Å². The van der Waals surface area contributed by atoms with Crippen molar-refractivity contribution in [3.8, 4) is 11.1 Å². The number of para-hydroxylation sites is 1. The lowest BCUT2D eigenvalue weighted by Gasteiger charge is -2.41. The zero-order valence-corrected chi connectivity index (χ0v) is 24.1. The zero-order chi connectivity index (χ0) is 29.5. The fourth-order valence-corrected chi connectivity index (χ4v) is 6.67. The number of anilines is 1. The second kappa shape index (κ2) is 11.1. The van der Waals surface area contributed by atoms with Crippen LogP contribution in [-0.4, -0.2) is 18.5 Å². The summed E-state index contributed by atoms with van der Waals surface area (Å²) in [6.45, 7) is 0. The van der Waals surface area contributed by atoms with Gasteiger partial charge in [-0.3, -0.25) is 16.0 Å². The van der Waals surface area contributed by atoms with Crippen molar-refractivity contribution in [2.24, 2.45) is 10.7 Å². The Labute approximate surface area is 256 Å². The highest BCUT2D eigenvalue weighted by molar-refractivity contribution is 6.08. The largest absolute Gasteiger partial charge is 0.456 e. The fourth-order valence-electron chi connectivity index (χ4n) is 6.67. The molecule has 44 heavy (non-hydrogen) atoms. The number of fused-ring (bicyclic) bond motifs is 8. The van der Waals surface area contributed by atoms with Crippen molar-refractivity contribution >= 4 is 33.8 Å². The molecule has 0 radical (unpaired) electrons. The first-order valence-electron chi connectivity index (χ1n) is 15.1. The highest BCUT2D eigenvalue weighted by Crippen LogP contribution is 2.48. The van der Waals surface area contributed by atoms with E-state index in [9.17, 15) is 0 Å². The molecule has 1 aliphatic carbocycles. The highest BCUT2D eigenvalue weighted by Gasteiger charge is 2.37. The van der Waals surface area contributed by atoms with E-state index in [-0.39, 0.29) is 18.1 Å². The van der Waals surface area contributed by atoms with Gasteiger partial charge in [0.05, 0.1) is 11.7 Å². The van der Waals surface area contributed by atoms with E-state index < -0.39 is 6.29 Å². The minimum atomic E-state index is -0.577. The SMILES string of the molecule is NC(NC(/N=C/c1ccccc1)c1ccccc1)N1c2cc3oc4ccccc4c3cc2-c2ccccc2C2C=CC=CC21. The predicted octanol–water partition coefficient (Wildman–Crippen LogP) is 8.30. The van der Waals surface area contributed by atoms with E-state index in [1.54, 1.807) is 0 Å². The maximum atomic E-state index is 7.25. The summed E-state index contributed by atoms with van der Waals surface area (Å²) in [5.41, 5.74) is 15.7. The average Bonchev–Trinajstić information content (AvgIpc) is 3.39. The van der Waals surface area contributed by atoms with Crippen LogP contribution in [0.15, 0.2) is 155 Å².